The third-order valence-electron chi connectivity index (χ3n) is 4.57. The van der Waals surface area contributed by atoms with Gasteiger partial charge in [0.1, 0.15) is 24.1 Å². The van der Waals surface area contributed by atoms with Gasteiger partial charge in [0.25, 0.3) is 0 Å². The van der Waals surface area contributed by atoms with Gasteiger partial charge in [0, 0.05) is 24.4 Å². The lowest BCUT2D eigenvalue weighted by atomic mass is 10.2. The Morgan fingerprint density at radius 1 is 1.07 bits per heavy atom. The molecule has 0 N–H and O–H groups in total. The zero-order chi connectivity index (χ0) is 19.9. The molecule has 1 aliphatic heterocycles. The first kappa shape index (κ1) is 18.2. The van der Waals surface area contributed by atoms with Crippen molar-refractivity contribution in [2.24, 2.45) is 4.99 Å². The first-order valence-corrected chi connectivity index (χ1v) is 8.70. The van der Waals surface area contributed by atoms with E-state index in [2.05, 4.69) is 9.98 Å². The van der Waals surface area contributed by atoms with Crippen molar-refractivity contribution in [3.8, 4) is 0 Å². The number of fused-ring (bicyclic) bond motifs is 1. The number of imidazole rings is 1. The summed E-state index contributed by atoms with van der Waals surface area (Å²) in [6.07, 6.45) is -0.427. The molecule has 1 aromatic heterocycles. The van der Waals surface area contributed by atoms with Crippen LogP contribution in [0, 0.1) is 5.82 Å². The van der Waals surface area contributed by atoms with Crippen molar-refractivity contribution in [3.05, 3.63) is 65.7 Å². The summed E-state index contributed by atoms with van der Waals surface area (Å²) >= 11 is 0. The Kier molecular flexibility index (Phi) is 4.41. The molecule has 3 aromatic rings. The summed E-state index contributed by atoms with van der Waals surface area (Å²) in [6, 6.07) is 9.25. The molecule has 28 heavy (non-hydrogen) atoms. The molecule has 2 heterocycles. The number of anilines is 1. The molecule has 0 spiro atoms. The number of aliphatic imine (C=N–C) groups is 1. The highest BCUT2D eigenvalue weighted by molar-refractivity contribution is 5.91. The molecule has 0 saturated carbocycles. The molecule has 1 aliphatic rings. The van der Waals surface area contributed by atoms with Crippen LogP contribution in [0.3, 0.4) is 0 Å². The van der Waals surface area contributed by atoms with Crippen LogP contribution in [-0.4, -0.2) is 22.4 Å². The van der Waals surface area contributed by atoms with Crippen LogP contribution in [-0.2, 0) is 12.6 Å². The normalized spacial score (nSPS) is 14.6. The fraction of sp³-hybridized carbons (Fsp3) is 0.200. The van der Waals surface area contributed by atoms with Gasteiger partial charge in [0.05, 0.1) is 16.6 Å². The number of hydrogen-bond acceptors (Lipinski definition) is 3. The number of benzene rings is 2. The van der Waals surface area contributed by atoms with Crippen LogP contribution in [0.2, 0.25) is 0 Å². The second-order valence-corrected chi connectivity index (χ2v) is 6.32. The Hall–Kier alpha value is -3.16. The van der Waals surface area contributed by atoms with E-state index in [1.54, 1.807) is 23.3 Å². The Morgan fingerprint density at radius 2 is 1.82 bits per heavy atom. The maximum Gasteiger partial charge on any atom is 0.416 e. The smallest absolute Gasteiger partial charge is 0.307 e. The van der Waals surface area contributed by atoms with Crippen LogP contribution >= 0.6 is 0 Å². The van der Waals surface area contributed by atoms with E-state index in [-0.39, 0.29) is 12.5 Å². The van der Waals surface area contributed by atoms with Crippen molar-refractivity contribution in [1.29, 1.82) is 0 Å². The number of rotatable bonds is 3. The quantitative estimate of drug-likeness (QED) is 0.585. The van der Waals surface area contributed by atoms with Crippen molar-refractivity contribution in [2.75, 3.05) is 11.6 Å². The SMILES string of the molecule is CCc1nc2ccc(F)cc2n1C1=CC=NCN1c1ccc(C(F)(F)F)cc1. The van der Waals surface area contributed by atoms with Crippen molar-refractivity contribution in [2.45, 2.75) is 19.5 Å². The summed E-state index contributed by atoms with van der Waals surface area (Å²) in [5.74, 6) is 0.987. The highest BCUT2D eigenvalue weighted by Gasteiger charge is 2.30. The van der Waals surface area contributed by atoms with Crippen molar-refractivity contribution >= 4 is 28.8 Å². The highest BCUT2D eigenvalue weighted by Crippen LogP contribution is 2.33. The number of aryl methyl sites for hydroxylation is 1. The number of allylic oxidation sites excluding steroid dienone is 1. The molecule has 4 nitrogen and oxygen atoms in total. The van der Waals surface area contributed by atoms with Gasteiger partial charge in [0.15, 0.2) is 0 Å². The zero-order valence-electron chi connectivity index (χ0n) is 14.9. The molecule has 0 bridgehead atoms. The van der Waals surface area contributed by atoms with Crippen molar-refractivity contribution < 1.29 is 17.6 Å². The largest absolute Gasteiger partial charge is 0.416 e. The summed E-state index contributed by atoms with van der Waals surface area (Å²) in [6.45, 7) is 2.17. The molecule has 0 atom stereocenters. The molecule has 2 aromatic carbocycles. The van der Waals surface area contributed by atoms with E-state index in [9.17, 15) is 17.6 Å². The monoisotopic (exact) mass is 388 g/mol. The van der Waals surface area contributed by atoms with E-state index < -0.39 is 11.7 Å². The Morgan fingerprint density at radius 3 is 2.50 bits per heavy atom. The zero-order valence-corrected chi connectivity index (χ0v) is 14.9. The number of alkyl halides is 3. The maximum atomic E-state index is 13.9. The van der Waals surface area contributed by atoms with Gasteiger partial charge in [-0.2, -0.15) is 13.2 Å². The number of nitrogens with zero attached hydrogens (tertiary/aromatic N) is 4. The standard InChI is InChI=1S/C20H16F4N4/c1-2-18-26-16-8-5-14(21)11-17(16)28(18)19-9-10-25-12-27(19)15-6-3-13(4-7-15)20(22,23)24/h3-11H,2,12H2,1H3. The second-order valence-electron chi connectivity index (χ2n) is 6.32. The predicted molar refractivity (Wildman–Crippen MR) is 101 cm³/mol. The minimum atomic E-state index is -4.40. The molecule has 0 unspecified atom stereocenters. The van der Waals surface area contributed by atoms with Gasteiger partial charge in [-0.25, -0.2) is 9.37 Å². The van der Waals surface area contributed by atoms with E-state index in [0.717, 1.165) is 18.0 Å². The van der Waals surface area contributed by atoms with Gasteiger partial charge in [-0.05, 0) is 42.5 Å². The minimum Gasteiger partial charge on any atom is -0.307 e. The van der Waals surface area contributed by atoms with Crippen LogP contribution < -0.4 is 4.90 Å². The predicted octanol–water partition coefficient (Wildman–Crippen LogP) is 5.10. The molecule has 0 aliphatic carbocycles. The number of hydrogen-bond donors (Lipinski definition) is 0. The molecule has 0 fully saturated rings. The summed E-state index contributed by atoms with van der Waals surface area (Å²) < 4.78 is 54.3. The third kappa shape index (κ3) is 3.15. The van der Waals surface area contributed by atoms with Gasteiger partial charge in [-0.3, -0.25) is 9.56 Å². The van der Waals surface area contributed by atoms with E-state index in [1.165, 1.54) is 24.3 Å². The molecular weight excluding hydrogens is 372 g/mol. The lowest BCUT2D eigenvalue weighted by molar-refractivity contribution is -0.137. The fourth-order valence-electron chi connectivity index (χ4n) is 3.24. The lowest BCUT2D eigenvalue weighted by Crippen LogP contribution is -2.28. The average Bonchev–Trinajstić information content (AvgIpc) is 3.05. The molecule has 0 amide bonds. The average molecular weight is 388 g/mol. The Bertz CT molecular complexity index is 1080. The highest BCUT2D eigenvalue weighted by atomic mass is 19.4. The maximum absolute atomic E-state index is 13.9. The molecule has 4 rings (SSSR count). The molecule has 8 heteroatoms. The third-order valence-corrected chi connectivity index (χ3v) is 4.57. The van der Waals surface area contributed by atoms with Gasteiger partial charge in [0.2, 0.25) is 0 Å². The van der Waals surface area contributed by atoms with Gasteiger partial charge in [-0.1, -0.05) is 6.92 Å². The summed E-state index contributed by atoms with van der Waals surface area (Å²) in [7, 11) is 0. The van der Waals surface area contributed by atoms with Crippen molar-refractivity contribution in [1.82, 2.24) is 9.55 Å². The fourth-order valence-corrected chi connectivity index (χ4v) is 3.24. The molecule has 0 saturated heterocycles. The molecular formula is C20H16F4N4. The Balaban J connectivity index is 1.82. The van der Waals surface area contributed by atoms with Gasteiger partial charge in [-0.15, -0.1) is 0 Å². The summed E-state index contributed by atoms with van der Waals surface area (Å²) in [5.41, 5.74) is 1.08. The van der Waals surface area contributed by atoms with E-state index in [0.29, 0.717) is 29.0 Å². The lowest BCUT2D eigenvalue weighted by Gasteiger charge is -2.29. The number of aromatic nitrogens is 2. The van der Waals surface area contributed by atoms with Gasteiger partial charge >= 0.3 is 6.18 Å². The first-order valence-electron chi connectivity index (χ1n) is 8.70. The second kappa shape index (κ2) is 6.78. The molecule has 144 valence electrons. The topological polar surface area (TPSA) is 33.4 Å². The van der Waals surface area contributed by atoms with Crippen LogP contribution in [0.5, 0.6) is 0 Å². The van der Waals surface area contributed by atoms with Crippen LogP contribution in [0.25, 0.3) is 16.9 Å². The first-order chi connectivity index (χ1) is 13.4. The van der Waals surface area contributed by atoms with Crippen molar-refractivity contribution in [3.63, 3.8) is 0 Å². The van der Waals surface area contributed by atoms with Crippen LogP contribution in [0.4, 0.5) is 23.2 Å². The van der Waals surface area contributed by atoms with Crippen LogP contribution in [0.15, 0.2) is 53.5 Å². The summed E-state index contributed by atoms with van der Waals surface area (Å²) in [4.78, 5) is 10.5. The van der Waals surface area contributed by atoms with Crippen LogP contribution in [0.1, 0.15) is 18.3 Å². The summed E-state index contributed by atoms with van der Waals surface area (Å²) in [5, 5.41) is 0. The molecule has 0 radical (unpaired) electrons. The van der Waals surface area contributed by atoms with E-state index >= 15 is 0 Å². The number of halogens is 4. The Labute approximate surface area is 158 Å². The van der Waals surface area contributed by atoms with Gasteiger partial charge < -0.3 is 4.90 Å². The van der Waals surface area contributed by atoms with E-state index in [4.69, 9.17) is 0 Å². The minimum absolute atomic E-state index is 0.231. The van der Waals surface area contributed by atoms with E-state index in [1.807, 2.05) is 11.5 Å².